The van der Waals surface area contributed by atoms with E-state index in [0.29, 0.717) is 35.7 Å². The molecule has 2 unspecified atom stereocenters. The molecule has 8 heteroatoms. The van der Waals surface area contributed by atoms with Crippen LogP contribution in [0.15, 0.2) is 24.3 Å². The minimum atomic E-state index is -1.12. The van der Waals surface area contributed by atoms with Gasteiger partial charge in [-0.05, 0) is 49.5 Å². The van der Waals surface area contributed by atoms with Crippen molar-refractivity contribution in [1.29, 1.82) is 0 Å². The number of rotatable bonds is 6. The van der Waals surface area contributed by atoms with Gasteiger partial charge in [-0.25, -0.2) is 4.79 Å². The molecule has 1 aromatic heterocycles. The highest BCUT2D eigenvalue weighted by molar-refractivity contribution is 6.01. The zero-order valence-electron chi connectivity index (χ0n) is 17.7. The van der Waals surface area contributed by atoms with Gasteiger partial charge in [0.1, 0.15) is 12.6 Å². The predicted octanol–water partition coefficient (Wildman–Crippen LogP) is 2.28. The molecule has 1 saturated heterocycles. The number of likely N-dealkylation sites (tertiary alicyclic amines) is 1. The van der Waals surface area contributed by atoms with Crippen molar-refractivity contribution in [3.05, 3.63) is 30.0 Å². The quantitative estimate of drug-likeness (QED) is 0.740. The van der Waals surface area contributed by atoms with Crippen LogP contribution in [0.2, 0.25) is 0 Å². The monoisotopic (exact) mass is 424 g/mol. The molecule has 2 aromatic rings. The first kappa shape index (κ1) is 20.0. The number of hydrogen-bond acceptors (Lipinski definition) is 4. The fourth-order valence-corrected chi connectivity index (χ4v) is 5.54. The van der Waals surface area contributed by atoms with Crippen LogP contribution in [0, 0.1) is 17.8 Å². The minimum Gasteiger partial charge on any atom is -0.476 e. The number of nitrogens with one attached hydrogen (secondary N) is 1. The Bertz CT molecular complexity index is 1050. The minimum absolute atomic E-state index is 0.0587. The highest BCUT2D eigenvalue weighted by Gasteiger charge is 2.56. The first-order chi connectivity index (χ1) is 14.9. The second-order valence-corrected chi connectivity index (χ2v) is 9.47. The smallest absolute Gasteiger partial charge is 0.357 e. The number of carboxylic acid groups (broad SMARTS) is 1. The molecule has 2 amide bonds. The maximum atomic E-state index is 13.2. The molecule has 164 valence electrons. The number of aromatic carboxylic acids is 1. The largest absolute Gasteiger partial charge is 0.476 e. The lowest BCUT2D eigenvalue weighted by atomic mass is 10.1. The summed E-state index contributed by atoms with van der Waals surface area (Å²) in [6.45, 7) is 2.87. The number of piperidine rings is 1. The lowest BCUT2D eigenvalue weighted by Crippen LogP contribution is -2.49. The van der Waals surface area contributed by atoms with Gasteiger partial charge in [-0.2, -0.15) is 5.10 Å². The Morgan fingerprint density at radius 3 is 2.71 bits per heavy atom. The average Bonchev–Trinajstić information content (AvgIpc) is 3.08. The number of para-hydroxylation sites is 1. The highest BCUT2D eigenvalue weighted by Crippen LogP contribution is 2.48. The Morgan fingerprint density at radius 2 is 1.97 bits per heavy atom. The first-order valence-corrected chi connectivity index (χ1v) is 11.2. The number of carboxylic acids is 1. The third kappa shape index (κ3) is 3.68. The van der Waals surface area contributed by atoms with Gasteiger partial charge in [0, 0.05) is 18.0 Å². The van der Waals surface area contributed by atoms with Crippen LogP contribution in [-0.2, 0) is 16.1 Å². The first-order valence-electron chi connectivity index (χ1n) is 11.2. The topological polar surface area (TPSA) is 105 Å². The summed E-state index contributed by atoms with van der Waals surface area (Å²) in [6.07, 6.45) is 5.17. The number of amides is 2. The van der Waals surface area contributed by atoms with E-state index < -0.39 is 12.0 Å². The van der Waals surface area contributed by atoms with E-state index in [1.165, 1.54) is 11.1 Å². The van der Waals surface area contributed by atoms with Gasteiger partial charge >= 0.3 is 5.97 Å². The van der Waals surface area contributed by atoms with Crippen LogP contribution in [-0.4, -0.2) is 56.2 Å². The van der Waals surface area contributed by atoms with Crippen LogP contribution in [0.5, 0.6) is 0 Å². The highest BCUT2D eigenvalue weighted by atomic mass is 16.4. The van der Waals surface area contributed by atoms with Crippen molar-refractivity contribution in [3.8, 4) is 0 Å². The molecular formula is C23H28N4O4. The van der Waals surface area contributed by atoms with E-state index in [-0.39, 0.29) is 30.1 Å². The fourth-order valence-electron chi connectivity index (χ4n) is 5.54. The van der Waals surface area contributed by atoms with Crippen LogP contribution in [0.4, 0.5) is 0 Å². The van der Waals surface area contributed by atoms with E-state index in [1.54, 1.807) is 29.2 Å². The van der Waals surface area contributed by atoms with E-state index in [1.807, 2.05) is 0 Å². The normalized spacial score (nSPS) is 29.2. The molecule has 2 aliphatic carbocycles. The Kier molecular flexibility index (Phi) is 4.95. The standard InChI is InChI=1S/C23H28N4O4/c1-13-6-7-14(8-13)11-24-22(29)19-10-15-9-18(15)27(19)20(28)12-26-17-5-3-2-4-16(17)21(25-26)23(30)31/h2-5,13-15,18-19H,6-12H2,1H3,(H,24,29)(H,30,31)/t13?,14?,15-,18-,19+/m1/s1. The summed E-state index contributed by atoms with van der Waals surface area (Å²) in [6, 6.07) is 6.69. The average molecular weight is 425 g/mol. The van der Waals surface area contributed by atoms with Crippen molar-refractivity contribution >= 4 is 28.7 Å². The van der Waals surface area contributed by atoms with Gasteiger partial charge in [0.05, 0.1) is 5.52 Å². The number of carbonyl (C=O) groups is 3. The summed E-state index contributed by atoms with van der Waals surface area (Å²) in [5.74, 6) is 0.295. The zero-order chi connectivity index (χ0) is 21.7. The number of fused-ring (bicyclic) bond motifs is 2. The molecule has 0 spiro atoms. The lowest BCUT2D eigenvalue weighted by Gasteiger charge is -2.27. The van der Waals surface area contributed by atoms with E-state index in [2.05, 4.69) is 17.3 Å². The number of nitrogens with zero attached hydrogens (tertiary/aromatic N) is 3. The molecule has 5 rings (SSSR count). The fraction of sp³-hybridized carbons (Fsp3) is 0.565. The van der Waals surface area contributed by atoms with E-state index in [9.17, 15) is 19.5 Å². The molecule has 8 nitrogen and oxygen atoms in total. The molecule has 5 atom stereocenters. The molecule has 1 aliphatic heterocycles. The van der Waals surface area contributed by atoms with E-state index >= 15 is 0 Å². The third-order valence-corrected chi connectivity index (χ3v) is 7.21. The number of carbonyl (C=O) groups excluding carboxylic acids is 2. The molecule has 0 bridgehead atoms. The number of benzene rings is 1. The summed E-state index contributed by atoms with van der Waals surface area (Å²) in [5.41, 5.74) is 0.547. The maximum Gasteiger partial charge on any atom is 0.357 e. The van der Waals surface area contributed by atoms with Crippen LogP contribution in [0.25, 0.3) is 10.9 Å². The van der Waals surface area contributed by atoms with Crippen molar-refractivity contribution in [2.75, 3.05) is 6.54 Å². The summed E-state index contributed by atoms with van der Waals surface area (Å²) in [7, 11) is 0. The summed E-state index contributed by atoms with van der Waals surface area (Å²) in [4.78, 5) is 39.4. The molecule has 0 radical (unpaired) electrons. The van der Waals surface area contributed by atoms with E-state index in [4.69, 9.17) is 0 Å². The Labute approximate surface area is 180 Å². The molecule has 2 heterocycles. The van der Waals surface area contributed by atoms with Crippen molar-refractivity contribution in [2.45, 2.75) is 57.7 Å². The van der Waals surface area contributed by atoms with Gasteiger partial charge in [0.25, 0.3) is 0 Å². The maximum absolute atomic E-state index is 13.2. The molecule has 31 heavy (non-hydrogen) atoms. The Balaban J connectivity index is 1.30. The van der Waals surface area contributed by atoms with Crippen LogP contribution in [0.1, 0.15) is 49.5 Å². The van der Waals surface area contributed by atoms with Crippen LogP contribution >= 0.6 is 0 Å². The molecular weight excluding hydrogens is 396 g/mol. The van der Waals surface area contributed by atoms with Gasteiger partial charge in [0.2, 0.25) is 11.8 Å². The summed E-state index contributed by atoms with van der Waals surface area (Å²) >= 11 is 0. The van der Waals surface area contributed by atoms with Crippen molar-refractivity contribution in [1.82, 2.24) is 20.0 Å². The zero-order valence-corrected chi connectivity index (χ0v) is 17.7. The van der Waals surface area contributed by atoms with Crippen molar-refractivity contribution < 1.29 is 19.5 Å². The number of aromatic nitrogens is 2. The summed E-state index contributed by atoms with van der Waals surface area (Å²) < 4.78 is 1.45. The molecule has 3 aliphatic rings. The van der Waals surface area contributed by atoms with E-state index in [0.717, 1.165) is 25.2 Å². The molecule has 2 N–H and O–H groups in total. The van der Waals surface area contributed by atoms with Crippen molar-refractivity contribution in [3.63, 3.8) is 0 Å². The predicted molar refractivity (Wildman–Crippen MR) is 113 cm³/mol. The van der Waals surface area contributed by atoms with Gasteiger partial charge in [-0.15, -0.1) is 0 Å². The van der Waals surface area contributed by atoms with Gasteiger partial charge in [0.15, 0.2) is 5.69 Å². The molecule has 3 fully saturated rings. The van der Waals surface area contributed by atoms with Gasteiger partial charge in [-0.3, -0.25) is 14.3 Å². The summed E-state index contributed by atoms with van der Waals surface area (Å²) in [5, 5.41) is 17.2. The third-order valence-electron chi connectivity index (χ3n) is 7.21. The molecule has 2 saturated carbocycles. The second kappa shape index (κ2) is 7.66. The lowest BCUT2D eigenvalue weighted by molar-refractivity contribution is -0.140. The van der Waals surface area contributed by atoms with Crippen molar-refractivity contribution in [2.24, 2.45) is 17.8 Å². The Hall–Kier alpha value is -2.90. The SMILES string of the molecule is CC1CCC(CNC(=O)[C@@H]2C[C@H]3C[C@H]3N2C(=O)Cn2nc(C(=O)O)c3ccccc32)C1. The van der Waals surface area contributed by atoms with Crippen LogP contribution < -0.4 is 5.32 Å². The van der Waals surface area contributed by atoms with Gasteiger partial charge < -0.3 is 15.3 Å². The molecule has 1 aromatic carbocycles. The number of hydrogen-bond donors (Lipinski definition) is 2. The van der Waals surface area contributed by atoms with Gasteiger partial charge in [-0.1, -0.05) is 31.5 Å². The van der Waals surface area contributed by atoms with Crippen LogP contribution in [0.3, 0.4) is 0 Å². The Morgan fingerprint density at radius 1 is 1.16 bits per heavy atom. The second-order valence-electron chi connectivity index (χ2n) is 9.47.